The summed E-state index contributed by atoms with van der Waals surface area (Å²) in [6, 6.07) is 16.6. The summed E-state index contributed by atoms with van der Waals surface area (Å²) < 4.78 is 29.1. The van der Waals surface area contributed by atoms with E-state index in [1.807, 2.05) is 30.3 Å². The van der Waals surface area contributed by atoms with E-state index in [2.05, 4.69) is 0 Å². The van der Waals surface area contributed by atoms with E-state index in [1.54, 1.807) is 43.0 Å². The van der Waals surface area contributed by atoms with E-state index in [4.69, 9.17) is 4.18 Å². The maximum absolute atomic E-state index is 12.0. The first kappa shape index (κ1) is 15.1. The highest BCUT2D eigenvalue weighted by Gasteiger charge is 2.16. The molecule has 0 aromatic heterocycles. The van der Waals surface area contributed by atoms with Crippen molar-refractivity contribution in [3.05, 3.63) is 60.2 Å². The Bertz CT molecular complexity index is 652. The summed E-state index contributed by atoms with van der Waals surface area (Å²) in [6.07, 6.45) is 0. The fourth-order valence-corrected chi connectivity index (χ4v) is 3.72. The molecule has 0 saturated heterocycles. The molecule has 2 aromatic rings. The van der Waals surface area contributed by atoms with Crippen molar-refractivity contribution >= 4 is 21.9 Å². The summed E-state index contributed by atoms with van der Waals surface area (Å²) in [6.45, 7) is 1.92. The smallest absolute Gasteiger partial charge is 0.265 e. The van der Waals surface area contributed by atoms with E-state index in [0.717, 1.165) is 4.90 Å². The Balaban J connectivity index is 1.89. The van der Waals surface area contributed by atoms with Crippen LogP contribution in [-0.2, 0) is 14.3 Å². The molecule has 0 atom stereocenters. The lowest BCUT2D eigenvalue weighted by Gasteiger charge is -2.07. The van der Waals surface area contributed by atoms with Gasteiger partial charge in [-0.3, -0.25) is 4.18 Å². The molecule has 0 aliphatic heterocycles. The van der Waals surface area contributed by atoms with E-state index < -0.39 is 10.1 Å². The Labute approximate surface area is 124 Å². The Morgan fingerprint density at radius 1 is 1.00 bits per heavy atom. The first-order valence-electron chi connectivity index (χ1n) is 6.22. The van der Waals surface area contributed by atoms with Crippen molar-refractivity contribution in [2.24, 2.45) is 0 Å². The molecule has 3 nitrogen and oxygen atoms in total. The summed E-state index contributed by atoms with van der Waals surface area (Å²) in [5, 5.41) is 0. The Kier molecular flexibility index (Phi) is 5.23. The largest absolute Gasteiger partial charge is 0.297 e. The Hall–Kier alpha value is -1.30. The fourth-order valence-electron chi connectivity index (χ4n) is 1.72. The number of thioether (sulfide) groups is 1. The second-order valence-electron chi connectivity index (χ2n) is 4.20. The summed E-state index contributed by atoms with van der Waals surface area (Å²) in [4.78, 5) is 1.34. The molecular formula is C15H16O3S2. The Morgan fingerprint density at radius 3 is 2.35 bits per heavy atom. The number of aryl methyl sites for hydroxylation is 1. The molecule has 0 fully saturated rings. The van der Waals surface area contributed by atoms with Gasteiger partial charge in [0.2, 0.25) is 0 Å². The zero-order valence-corrected chi connectivity index (χ0v) is 12.8. The van der Waals surface area contributed by atoms with Gasteiger partial charge in [-0.25, -0.2) is 0 Å². The molecule has 0 aliphatic rings. The molecule has 0 N–H and O–H groups in total. The Morgan fingerprint density at radius 2 is 1.65 bits per heavy atom. The standard InChI is InChI=1S/C15H16O3S2/c1-13-7-5-6-10-15(13)20(16,17)18-11-12-19-14-8-3-2-4-9-14/h2-10H,11-12H2,1H3. The van der Waals surface area contributed by atoms with E-state index in [1.165, 1.54) is 0 Å². The van der Waals surface area contributed by atoms with Gasteiger partial charge in [-0.15, -0.1) is 11.8 Å². The molecule has 0 bridgehead atoms. The second-order valence-corrected chi connectivity index (χ2v) is 6.96. The summed E-state index contributed by atoms with van der Waals surface area (Å²) in [5.74, 6) is 0.592. The highest BCUT2D eigenvalue weighted by molar-refractivity contribution is 7.99. The molecule has 106 valence electrons. The van der Waals surface area contributed by atoms with Gasteiger partial charge < -0.3 is 0 Å². The van der Waals surface area contributed by atoms with Crippen LogP contribution in [-0.4, -0.2) is 20.8 Å². The van der Waals surface area contributed by atoms with Gasteiger partial charge in [-0.2, -0.15) is 8.42 Å². The van der Waals surface area contributed by atoms with E-state index in [-0.39, 0.29) is 11.5 Å². The molecule has 0 radical (unpaired) electrons. The molecule has 5 heteroatoms. The maximum Gasteiger partial charge on any atom is 0.297 e. The van der Waals surface area contributed by atoms with Crippen LogP contribution in [0.5, 0.6) is 0 Å². The monoisotopic (exact) mass is 308 g/mol. The molecule has 2 aromatic carbocycles. The van der Waals surface area contributed by atoms with Gasteiger partial charge in [-0.05, 0) is 30.7 Å². The van der Waals surface area contributed by atoms with E-state index in [9.17, 15) is 8.42 Å². The van der Waals surface area contributed by atoms with E-state index in [0.29, 0.717) is 11.3 Å². The fraction of sp³-hybridized carbons (Fsp3) is 0.200. The molecule has 2 rings (SSSR count). The van der Waals surface area contributed by atoms with Crippen LogP contribution in [0.15, 0.2) is 64.4 Å². The van der Waals surface area contributed by atoms with Crippen molar-refractivity contribution in [3.63, 3.8) is 0 Å². The maximum atomic E-state index is 12.0. The van der Waals surface area contributed by atoms with Gasteiger partial charge in [0.15, 0.2) is 0 Å². The van der Waals surface area contributed by atoms with Gasteiger partial charge in [0, 0.05) is 10.6 Å². The number of hydrogen-bond acceptors (Lipinski definition) is 4. The lowest BCUT2D eigenvalue weighted by atomic mass is 10.2. The minimum Gasteiger partial charge on any atom is -0.265 e. The molecule has 0 amide bonds. The third kappa shape index (κ3) is 4.10. The summed E-state index contributed by atoms with van der Waals surface area (Å²) >= 11 is 1.57. The first-order chi connectivity index (χ1) is 9.59. The van der Waals surface area contributed by atoms with Crippen molar-refractivity contribution in [1.29, 1.82) is 0 Å². The number of rotatable bonds is 6. The zero-order chi connectivity index (χ0) is 14.4. The SMILES string of the molecule is Cc1ccccc1S(=O)(=O)OCCSc1ccccc1. The molecular weight excluding hydrogens is 292 g/mol. The number of benzene rings is 2. The molecule has 0 saturated carbocycles. The molecule has 20 heavy (non-hydrogen) atoms. The lowest BCUT2D eigenvalue weighted by Crippen LogP contribution is -2.10. The molecule has 0 spiro atoms. The van der Waals surface area contributed by atoms with Crippen LogP contribution in [0.4, 0.5) is 0 Å². The van der Waals surface area contributed by atoms with Gasteiger partial charge in [0.25, 0.3) is 10.1 Å². The quantitative estimate of drug-likeness (QED) is 0.465. The van der Waals surface area contributed by atoms with Gasteiger partial charge in [0.05, 0.1) is 11.5 Å². The summed E-state index contributed by atoms with van der Waals surface area (Å²) in [7, 11) is -3.66. The predicted molar refractivity (Wildman–Crippen MR) is 81.5 cm³/mol. The lowest BCUT2D eigenvalue weighted by molar-refractivity contribution is 0.341. The van der Waals surface area contributed by atoms with Crippen molar-refractivity contribution in [2.75, 3.05) is 12.4 Å². The van der Waals surface area contributed by atoms with Crippen LogP contribution in [0.25, 0.3) is 0 Å². The average molecular weight is 308 g/mol. The van der Waals surface area contributed by atoms with E-state index >= 15 is 0 Å². The van der Waals surface area contributed by atoms with Crippen LogP contribution in [0.2, 0.25) is 0 Å². The van der Waals surface area contributed by atoms with Crippen LogP contribution in [0.1, 0.15) is 5.56 Å². The van der Waals surface area contributed by atoms with Crippen LogP contribution in [0, 0.1) is 6.92 Å². The zero-order valence-electron chi connectivity index (χ0n) is 11.2. The van der Waals surface area contributed by atoms with Crippen LogP contribution in [0.3, 0.4) is 0 Å². The topological polar surface area (TPSA) is 43.4 Å². The third-order valence-corrected chi connectivity index (χ3v) is 5.15. The highest BCUT2D eigenvalue weighted by Crippen LogP contribution is 2.19. The van der Waals surface area contributed by atoms with Crippen molar-refractivity contribution in [1.82, 2.24) is 0 Å². The van der Waals surface area contributed by atoms with Gasteiger partial charge in [0.1, 0.15) is 0 Å². The van der Waals surface area contributed by atoms with Crippen LogP contribution >= 0.6 is 11.8 Å². The van der Waals surface area contributed by atoms with Crippen molar-refractivity contribution < 1.29 is 12.6 Å². The molecule has 0 heterocycles. The van der Waals surface area contributed by atoms with Gasteiger partial charge >= 0.3 is 0 Å². The minimum atomic E-state index is -3.66. The summed E-state index contributed by atoms with van der Waals surface area (Å²) in [5.41, 5.74) is 0.697. The normalized spacial score (nSPS) is 11.4. The van der Waals surface area contributed by atoms with Crippen LogP contribution < -0.4 is 0 Å². The minimum absolute atomic E-state index is 0.163. The highest BCUT2D eigenvalue weighted by atomic mass is 32.2. The third-order valence-electron chi connectivity index (χ3n) is 2.70. The van der Waals surface area contributed by atoms with Crippen molar-refractivity contribution in [2.45, 2.75) is 16.7 Å². The number of hydrogen-bond donors (Lipinski definition) is 0. The second kappa shape index (κ2) is 6.92. The predicted octanol–water partition coefficient (Wildman–Crippen LogP) is 3.49. The molecule has 0 aliphatic carbocycles. The average Bonchev–Trinajstić information content (AvgIpc) is 2.45. The molecule has 0 unspecified atom stereocenters. The van der Waals surface area contributed by atoms with Crippen molar-refractivity contribution in [3.8, 4) is 0 Å². The first-order valence-corrected chi connectivity index (χ1v) is 8.62. The van der Waals surface area contributed by atoms with Gasteiger partial charge in [-0.1, -0.05) is 36.4 Å².